The van der Waals surface area contributed by atoms with Crippen LogP contribution in [0.1, 0.15) is 22.3 Å². The first kappa shape index (κ1) is 29.8. The third kappa shape index (κ3) is 6.97. The molecule has 1 saturated heterocycles. The maximum Gasteiger partial charge on any atom is 0.253 e. The zero-order chi connectivity index (χ0) is 31.3. The number of nitrogens with zero attached hydrogens (tertiary/aromatic N) is 6. The van der Waals surface area contributed by atoms with E-state index in [1.165, 1.54) is 12.1 Å². The van der Waals surface area contributed by atoms with E-state index in [1.54, 1.807) is 41.1 Å². The Hall–Kier alpha value is -5.22. The van der Waals surface area contributed by atoms with Crippen molar-refractivity contribution in [2.75, 3.05) is 39.0 Å². The number of aromatic nitrogens is 4. The molecule has 1 fully saturated rings. The fourth-order valence-electron chi connectivity index (χ4n) is 5.48. The summed E-state index contributed by atoms with van der Waals surface area (Å²) in [6.45, 7) is 1.83. The van der Waals surface area contributed by atoms with Crippen LogP contribution in [-0.4, -0.2) is 80.8 Å². The summed E-state index contributed by atoms with van der Waals surface area (Å²) in [5.41, 5.74) is 5.32. The van der Waals surface area contributed by atoms with Gasteiger partial charge in [-0.3, -0.25) is 9.59 Å². The van der Waals surface area contributed by atoms with Gasteiger partial charge < -0.3 is 15.1 Å². The summed E-state index contributed by atoms with van der Waals surface area (Å²) in [5.74, 6) is 0.132. The molecular weight excluding hydrogens is 569 g/mol. The molecule has 0 radical (unpaired) electrons. The number of nitrogens with one attached hydrogen (secondary N) is 1. The number of fused-ring (bicyclic) bond motifs is 1. The highest BCUT2D eigenvalue weighted by atomic mass is 19.1. The number of likely N-dealkylation sites (N-methyl/N-ethyl adjacent to an activating group) is 1. The van der Waals surface area contributed by atoms with Crippen LogP contribution in [-0.2, 0) is 11.2 Å². The normalized spacial score (nSPS) is 14.9. The van der Waals surface area contributed by atoms with Crippen molar-refractivity contribution < 1.29 is 14.0 Å². The molecule has 45 heavy (non-hydrogen) atoms. The van der Waals surface area contributed by atoms with E-state index >= 15 is 0 Å². The van der Waals surface area contributed by atoms with Crippen LogP contribution < -0.4 is 5.32 Å². The minimum absolute atomic E-state index is 0.0180. The van der Waals surface area contributed by atoms with Crippen molar-refractivity contribution in [3.8, 4) is 22.5 Å². The van der Waals surface area contributed by atoms with Gasteiger partial charge in [0.05, 0.1) is 16.8 Å². The number of hydrogen-bond acceptors (Lipinski definition) is 7. The second kappa shape index (κ2) is 13.2. The fraction of sp³-hybridized carbons (Fsp3) is 0.229. The molecule has 1 aliphatic heterocycles. The van der Waals surface area contributed by atoms with E-state index in [0.717, 1.165) is 28.6 Å². The Balaban J connectivity index is 1.13. The number of benzene rings is 2. The monoisotopic (exact) mass is 603 g/mol. The van der Waals surface area contributed by atoms with Gasteiger partial charge >= 0.3 is 0 Å². The van der Waals surface area contributed by atoms with Crippen molar-refractivity contribution in [2.24, 2.45) is 0 Å². The molecular formula is C35H34FN7O2. The largest absolute Gasteiger partial charge is 0.350 e. The maximum absolute atomic E-state index is 13.7. The molecule has 3 aromatic heterocycles. The molecule has 0 saturated carbocycles. The summed E-state index contributed by atoms with van der Waals surface area (Å²) < 4.78 is 15.5. The van der Waals surface area contributed by atoms with E-state index in [-0.39, 0.29) is 23.5 Å². The van der Waals surface area contributed by atoms with Crippen molar-refractivity contribution in [1.29, 1.82) is 0 Å². The summed E-state index contributed by atoms with van der Waals surface area (Å²) in [7, 11) is 3.90. The summed E-state index contributed by atoms with van der Waals surface area (Å²) >= 11 is 0. The van der Waals surface area contributed by atoms with E-state index in [9.17, 15) is 14.0 Å². The highest BCUT2D eigenvalue weighted by molar-refractivity contribution is 5.95. The van der Waals surface area contributed by atoms with Crippen molar-refractivity contribution in [1.82, 2.24) is 29.4 Å². The number of anilines is 1. The molecule has 9 nitrogen and oxygen atoms in total. The van der Waals surface area contributed by atoms with Crippen molar-refractivity contribution in [2.45, 2.75) is 18.9 Å². The number of carbonyl (C=O) groups is 2. The van der Waals surface area contributed by atoms with E-state index in [1.807, 2.05) is 72.6 Å². The lowest BCUT2D eigenvalue weighted by Gasteiger charge is -2.17. The number of likely N-dealkylation sites (tertiary alicyclic amines) is 1. The van der Waals surface area contributed by atoms with Gasteiger partial charge in [-0.05, 0) is 86.8 Å². The third-order valence-corrected chi connectivity index (χ3v) is 7.73. The summed E-state index contributed by atoms with van der Waals surface area (Å²) in [5, 5.41) is 8.17. The summed E-state index contributed by atoms with van der Waals surface area (Å²) in [6, 6.07) is 21.2. The van der Waals surface area contributed by atoms with Gasteiger partial charge in [-0.1, -0.05) is 24.3 Å². The molecule has 2 aromatic carbocycles. The molecule has 0 unspecified atom stereocenters. The predicted molar refractivity (Wildman–Crippen MR) is 172 cm³/mol. The number of ketones is 1. The first-order valence-corrected chi connectivity index (χ1v) is 14.9. The summed E-state index contributed by atoms with van der Waals surface area (Å²) in [4.78, 5) is 38.6. The smallest absolute Gasteiger partial charge is 0.253 e. The van der Waals surface area contributed by atoms with Crippen LogP contribution >= 0.6 is 0 Å². The van der Waals surface area contributed by atoms with Gasteiger partial charge in [0.25, 0.3) is 5.91 Å². The van der Waals surface area contributed by atoms with Gasteiger partial charge in [0.1, 0.15) is 11.5 Å². The highest BCUT2D eigenvalue weighted by Crippen LogP contribution is 2.34. The molecule has 1 aliphatic rings. The standard InChI is InChI=1S/C35H34FN7O2/c1-41(2)19-5-6-29(44)22-24-8-10-26(11-9-24)34(45)42-21-17-28(23-42)38-35-37-18-16-30(39-35)32-31-7-3-4-20-43(31)40-33(32)25-12-14-27(36)15-13-25/h3-16,18,20,28H,17,19,21-23H2,1-2H3,(H,37,38,39)/b6-5+/t28-/m0/s1. The second-order valence-electron chi connectivity index (χ2n) is 11.4. The van der Waals surface area contributed by atoms with Crippen LogP contribution in [0.4, 0.5) is 10.3 Å². The zero-order valence-corrected chi connectivity index (χ0v) is 25.2. The van der Waals surface area contributed by atoms with E-state index in [2.05, 4.69) is 10.3 Å². The van der Waals surface area contributed by atoms with Crippen molar-refractivity contribution >= 4 is 23.2 Å². The molecule has 0 aliphatic carbocycles. The lowest BCUT2D eigenvalue weighted by molar-refractivity contribution is -0.114. The zero-order valence-electron chi connectivity index (χ0n) is 25.2. The molecule has 5 aromatic rings. The van der Waals surface area contributed by atoms with E-state index in [0.29, 0.717) is 49.0 Å². The van der Waals surface area contributed by atoms with Crippen LogP contribution in [0.15, 0.2) is 97.3 Å². The topological polar surface area (TPSA) is 95.7 Å². The lowest BCUT2D eigenvalue weighted by atomic mass is 10.0. The minimum atomic E-state index is -0.311. The lowest BCUT2D eigenvalue weighted by Crippen LogP contribution is -2.31. The van der Waals surface area contributed by atoms with Gasteiger partial charge in [0.2, 0.25) is 5.95 Å². The Labute approximate surface area is 261 Å². The molecule has 0 spiro atoms. The van der Waals surface area contributed by atoms with Gasteiger partial charge in [-0.25, -0.2) is 18.9 Å². The fourth-order valence-corrected chi connectivity index (χ4v) is 5.48. The molecule has 6 rings (SSSR count). The second-order valence-corrected chi connectivity index (χ2v) is 11.4. The first-order valence-electron chi connectivity index (χ1n) is 14.9. The number of allylic oxidation sites excluding steroid dienone is 1. The average molecular weight is 604 g/mol. The maximum atomic E-state index is 13.7. The Bertz CT molecular complexity index is 1850. The predicted octanol–water partition coefficient (Wildman–Crippen LogP) is 5.15. The Morgan fingerprint density at radius 2 is 1.84 bits per heavy atom. The molecule has 10 heteroatoms. The number of amides is 1. The van der Waals surface area contributed by atoms with Gasteiger partial charge in [0, 0.05) is 55.6 Å². The Morgan fingerprint density at radius 3 is 2.62 bits per heavy atom. The van der Waals surface area contributed by atoms with Gasteiger partial charge in [0.15, 0.2) is 5.78 Å². The Kier molecular flexibility index (Phi) is 8.74. The van der Waals surface area contributed by atoms with E-state index in [4.69, 9.17) is 10.1 Å². The Morgan fingerprint density at radius 1 is 1.04 bits per heavy atom. The van der Waals surface area contributed by atoms with Crippen molar-refractivity contribution in [3.63, 3.8) is 0 Å². The number of rotatable bonds is 10. The average Bonchev–Trinajstić information content (AvgIpc) is 3.66. The van der Waals surface area contributed by atoms with Crippen LogP contribution in [0.2, 0.25) is 0 Å². The SMILES string of the molecule is CN(C)C/C=C/C(=O)Cc1ccc(C(=O)N2CC[C@H](Nc3nccc(-c4c(-c5ccc(F)cc5)nn5ccccc45)n3)C2)cc1. The third-order valence-electron chi connectivity index (χ3n) is 7.73. The number of hydrogen-bond donors (Lipinski definition) is 1. The number of carbonyl (C=O) groups excluding carboxylic acids is 2. The highest BCUT2D eigenvalue weighted by Gasteiger charge is 2.28. The van der Waals surface area contributed by atoms with Crippen LogP contribution in [0, 0.1) is 5.82 Å². The number of pyridine rings is 1. The van der Waals surface area contributed by atoms with Gasteiger partial charge in [-0.2, -0.15) is 5.10 Å². The molecule has 0 bridgehead atoms. The number of halogens is 1. The molecule has 228 valence electrons. The molecule has 1 atom stereocenters. The van der Waals surface area contributed by atoms with Crippen LogP contribution in [0.3, 0.4) is 0 Å². The summed E-state index contributed by atoms with van der Waals surface area (Å²) in [6.07, 6.45) is 8.08. The van der Waals surface area contributed by atoms with Crippen molar-refractivity contribution in [3.05, 3.63) is 114 Å². The van der Waals surface area contributed by atoms with E-state index < -0.39 is 0 Å². The molecule has 4 heterocycles. The molecule has 1 N–H and O–H groups in total. The van der Waals surface area contributed by atoms with Gasteiger partial charge in [-0.15, -0.1) is 0 Å². The first-order chi connectivity index (χ1) is 21.8. The quantitative estimate of drug-likeness (QED) is 0.221. The van der Waals surface area contributed by atoms with Crippen LogP contribution in [0.5, 0.6) is 0 Å². The minimum Gasteiger partial charge on any atom is -0.350 e. The van der Waals surface area contributed by atoms with Crippen LogP contribution in [0.25, 0.3) is 28.0 Å². The molecule has 1 amide bonds.